The summed E-state index contributed by atoms with van der Waals surface area (Å²) in [7, 11) is 1.65. The van der Waals surface area contributed by atoms with Crippen molar-refractivity contribution in [1.82, 2.24) is 4.90 Å². The van der Waals surface area contributed by atoms with Gasteiger partial charge in [-0.25, -0.2) is 9.59 Å². The zero-order valence-electron chi connectivity index (χ0n) is 10.5. The third-order valence-electron chi connectivity index (χ3n) is 2.43. The second-order valence-corrected chi connectivity index (χ2v) is 4.79. The standard InChI is InChI=1S/C12H14Cl2N2O3/c1-3-4-16(2)12(19)15-10-8(13)5-7(11(17)18)6-9(10)14/h5-6H,3-4H2,1-2H3,(H,15,19)(H,17,18). The summed E-state index contributed by atoms with van der Waals surface area (Å²) in [6.45, 7) is 2.54. The number of carboxylic acid groups (broad SMARTS) is 1. The first-order chi connectivity index (χ1) is 8.86. The maximum atomic E-state index is 11.8. The van der Waals surface area contributed by atoms with Gasteiger partial charge in [0, 0.05) is 13.6 Å². The Balaban J connectivity index is 2.96. The van der Waals surface area contributed by atoms with Crippen molar-refractivity contribution in [3.05, 3.63) is 27.7 Å². The van der Waals surface area contributed by atoms with Gasteiger partial charge in [0.05, 0.1) is 21.3 Å². The Bertz CT molecular complexity index is 483. The maximum Gasteiger partial charge on any atom is 0.335 e. The highest BCUT2D eigenvalue weighted by molar-refractivity contribution is 6.40. The molecule has 0 fully saturated rings. The molecule has 0 bridgehead atoms. The first-order valence-electron chi connectivity index (χ1n) is 5.61. The predicted octanol–water partition coefficient (Wildman–Crippen LogP) is 3.57. The van der Waals surface area contributed by atoms with Crippen LogP contribution in [0.3, 0.4) is 0 Å². The van der Waals surface area contributed by atoms with Crippen molar-refractivity contribution in [2.45, 2.75) is 13.3 Å². The molecule has 1 aromatic carbocycles. The number of carboxylic acids is 1. The molecule has 0 aliphatic rings. The minimum Gasteiger partial charge on any atom is -0.478 e. The van der Waals surface area contributed by atoms with Crippen LogP contribution in [0.4, 0.5) is 10.5 Å². The fourth-order valence-corrected chi connectivity index (χ4v) is 2.04. The van der Waals surface area contributed by atoms with Crippen LogP contribution < -0.4 is 5.32 Å². The van der Waals surface area contributed by atoms with E-state index < -0.39 is 5.97 Å². The van der Waals surface area contributed by atoms with Gasteiger partial charge < -0.3 is 15.3 Å². The van der Waals surface area contributed by atoms with Crippen LogP contribution in [-0.2, 0) is 0 Å². The lowest BCUT2D eigenvalue weighted by Crippen LogP contribution is -2.32. The molecule has 0 spiro atoms. The summed E-state index contributed by atoms with van der Waals surface area (Å²) in [5, 5.41) is 11.6. The highest BCUT2D eigenvalue weighted by atomic mass is 35.5. The van der Waals surface area contributed by atoms with E-state index in [-0.39, 0.29) is 27.3 Å². The number of carbonyl (C=O) groups is 2. The number of amides is 2. The molecule has 0 unspecified atom stereocenters. The van der Waals surface area contributed by atoms with Gasteiger partial charge in [0.1, 0.15) is 0 Å². The normalized spacial score (nSPS) is 10.1. The number of nitrogens with one attached hydrogen (secondary N) is 1. The summed E-state index contributed by atoms with van der Waals surface area (Å²) in [5.41, 5.74) is 0.177. The van der Waals surface area contributed by atoms with Crippen molar-refractivity contribution in [2.75, 3.05) is 18.9 Å². The van der Waals surface area contributed by atoms with Crippen LogP contribution in [-0.4, -0.2) is 35.6 Å². The Kier molecular flexibility index (Phi) is 5.44. The average molecular weight is 305 g/mol. The molecule has 0 saturated carbocycles. The lowest BCUT2D eigenvalue weighted by atomic mass is 10.2. The second-order valence-electron chi connectivity index (χ2n) is 3.97. The van der Waals surface area contributed by atoms with Crippen LogP contribution in [0.15, 0.2) is 12.1 Å². The lowest BCUT2D eigenvalue weighted by molar-refractivity contribution is 0.0697. The van der Waals surface area contributed by atoms with E-state index in [1.807, 2.05) is 6.92 Å². The van der Waals surface area contributed by atoms with E-state index in [0.29, 0.717) is 6.54 Å². The van der Waals surface area contributed by atoms with Gasteiger partial charge >= 0.3 is 12.0 Å². The van der Waals surface area contributed by atoms with Crippen molar-refractivity contribution in [3.63, 3.8) is 0 Å². The van der Waals surface area contributed by atoms with Gasteiger partial charge in [-0.1, -0.05) is 30.1 Å². The van der Waals surface area contributed by atoms with Crippen molar-refractivity contribution in [3.8, 4) is 0 Å². The fraction of sp³-hybridized carbons (Fsp3) is 0.333. The number of halogens is 2. The Morgan fingerprint density at radius 2 is 1.84 bits per heavy atom. The number of rotatable bonds is 4. The third-order valence-corrected chi connectivity index (χ3v) is 3.02. The molecule has 19 heavy (non-hydrogen) atoms. The number of benzene rings is 1. The molecule has 2 amide bonds. The topological polar surface area (TPSA) is 69.6 Å². The summed E-state index contributed by atoms with van der Waals surface area (Å²) in [5.74, 6) is -1.13. The first-order valence-corrected chi connectivity index (χ1v) is 6.36. The number of aromatic carboxylic acids is 1. The second kappa shape index (κ2) is 6.63. The zero-order valence-corrected chi connectivity index (χ0v) is 12.0. The minimum absolute atomic E-state index is 0.0325. The van der Waals surface area contributed by atoms with Crippen LogP contribution in [0.2, 0.25) is 10.0 Å². The van der Waals surface area contributed by atoms with E-state index >= 15 is 0 Å². The highest BCUT2D eigenvalue weighted by Gasteiger charge is 2.16. The summed E-state index contributed by atoms with van der Waals surface area (Å²) in [6, 6.07) is 2.13. The molecule has 0 aliphatic heterocycles. The molecule has 0 atom stereocenters. The van der Waals surface area contributed by atoms with E-state index in [1.54, 1.807) is 7.05 Å². The van der Waals surface area contributed by atoms with Crippen LogP contribution in [0.1, 0.15) is 23.7 Å². The molecule has 2 N–H and O–H groups in total. The molecular formula is C12H14Cl2N2O3. The van der Waals surface area contributed by atoms with Gasteiger partial charge in [-0.15, -0.1) is 0 Å². The number of hydrogen-bond donors (Lipinski definition) is 2. The van der Waals surface area contributed by atoms with E-state index in [4.69, 9.17) is 28.3 Å². The van der Waals surface area contributed by atoms with Gasteiger partial charge in [0.15, 0.2) is 0 Å². The first kappa shape index (κ1) is 15.6. The van der Waals surface area contributed by atoms with E-state index in [2.05, 4.69) is 5.32 Å². The van der Waals surface area contributed by atoms with Crippen molar-refractivity contribution >= 4 is 40.9 Å². The Labute approximate surface area is 121 Å². The summed E-state index contributed by atoms with van der Waals surface area (Å²) >= 11 is 11.8. The van der Waals surface area contributed by atoms with Crippen molar-refractivity contribution < 1.29 is 14.7 Å². The molecule has 7 heteroatoms. The van der Waals surface area contributed by atoms with Gasteiger partial charge in [-0.2, -0.15) is 0 Å². The zero-order chi connectivity index (χ0) is 14.6. The van der Waals surface area contributed by atoms with Crippen LogP contribution in [0, 0.1) is 0 Å². The number of anilines is 1. The number of urea groups is 1. The average Bonchev–Trinajstić information content (AvgIpc) is 2.33. The third kappa shape index (κ3) is 4.01. The molecule has 0 aliphatic carbocycles. The molecule has 0 aromatic heterocycles. The Morgan fingerprint density at radius 1 is 1.32 bits per heavy atom. The summed E-state index contributed by atoms with van der Waals surface area (Å²) in [4.78, 5) is 24.1. The van der Waals surface area contributed by atoms with Crippen LogP contribution >= 0.6 is 23.2 Å². The highest BCUT2D eigenvalue weighted by Crippen LogP contribution is 2.32. The van der Waals surface area contributed by atoms with E-state index in [0.717, 1.165) is 6.42 Å². The fourth-order valence-electron chi connectivity index (χ4n) is 1.46. The lowest BCUT2D eigenvalue weighted by Gasteiger charge is -2.18. The Hall–Kier alpha value is -1.46. The molecule has 104 valence electrons. The quantitative estimate of drug-likeness (QED) is 0.893. The van der Waals surface area contributed by atoms with Gasteiger partial charge in [0.25, 0.3) is 0 Å². The Morgan fingerprint density at radius 3 is 2.26 bits per heavy atom. The van der Waals surface area contributed by atoms with Crippen molar-refractivity contribution in [2.24, 2.45) is 0 Å². The smallest absolute Gasteiger partial charge is 0.335 e. The largest absolute Gasteiger partial charge is 0.478 e. The molecule has 1 rings (SSSR count). The van der Waals surface area contributed by atoms with Crippen LogP contribution in [0.5, 0.6) is 0 Å². The summed E-state index contributed by atoms with van der Waals surface area (Å²) in [6.07, 6.45) is 0.823. The molecule has 1 aromatic rings. The summed E-state index contributed by atoms with van der Waals surface area (Å²) < 4.78 is 0. The number of carbonyl (C=O) groups excluding carboxylic acids is 1. The number of hydrogen-bond acceptors (Lipinski definition) is 2. The van der Waals surface area contributed by atoms with Crippen molar-refractivity contribution in [1.29, 1.82) is 0 Å². The van der Waals surface area contributed by atoms with Gasteiger partial charge in [0.2, 0.25) is 0 Å². The predicted molar refractivity (Wildman–Crippen MR) is 75.4 cm³/mol. The molecule has 0 saturated heterocycles. The monoisotopic (exact) mass is 304 g/mol. The van der Waals surface area contributed by atoms with Crippen LogP contribution in [0.25, 0.3) is 0 Å². The molecule has 5 nitrogen and oxygen atoms in total. The van der Waals surface area contributed by atoms with Gasteiger partial charge in [-0.05, 0) is 18.6 Å². The number of nitrogens with zero attached hydrogens (tertiary/aromatic N) is 1. The van der Waals surface area contributed by atoms with E-state index in [9.17, 15) is 9.59 Å². The minimum atomic E-state index is -1.13. The molecular weight excluding hydrogens is 291 g/mol. The molecule has 0 radical (unpaired) electrons. The maximum absolute atomic E-state index is 11.8. The van der Waals surface area contributed by atoms with Gasteiger partial charge in [-0.3, -0.25) is 0 Å². The SMILES string of the molecule is CCCN(C)C(=O)Nc1c(Cl)cc(C(=O)O)cc1Cl. The van der Waals surface area contributed by atoms with E-state index in [1.165, 1.54) is 17.0 Å². The molecule has 0 heterocycles.